The van der Waals surface area contributed by atoms with E-state index >= 15 is 0 Å². The summed E-state index contributed by atoms with van der Waals surface area (Å²) in [6.07, 6.45) is 4.04. The second-order valence-electron chi connectivity index (χ2n) is 7.04. The molecule has 0 aromatic heterocycles. The first-order valence-electron chi connectivity index (χ1n) is 8.04. The molecule has 0 bridgehead atoms. The molecule has 2 rings (SSSR count). The molecule has 116 valence electrons. The SMILES string of the molecule is [B]C(=O)N1C(CC)C(CC2CCC(=O)CC2C)OC1(C)C. The highest BCUT2D eigenvalue weighted by Gasteiger charge is 2.48. The molecule has 1 saturated carbocycles. The van der Waals surface area contributed by atoms with Crippen molar-refractivity contribution >= 4 is 19.4 Å². The monoisotopic (exact) mass is 291 g/mol. The minimum Gasteiger partial charge on any atom is -0.351 e. The van der Waals surface area contributed by atoms with E-state index < -0.39 is 11.5 Å². The Hall–Kier alpha value is -0.835. The van der Waals surface area contributed by atoms with Crippen LogP contribution in [0.5, 0.6) is 0 Å². The fourth-order valence-electron chi connectivity index (χ4n) is 4.06. The van der Waals surface area contributed by atoms with E-state index in [1.807, 2.05) is 13.8 Å². The van der Waals surface area contributed by atoms with Gasteiger partial charge in [-0.05, 0) is 44.9 Å². The fourth-order valence-corrected chi connectivity index (χ4v) is 4.06. The van der Waals surface area contributed by atoms with Gasteiger partial charge in [0.2, 0.25) is 7.85 Å². The van der Waals surface area contributed by atoms with Gasteiger partial charge in [0.25, 0.3) is 0 Å². The number of hydrogen-bond acceptors (Lipinski definition) is 3. The van der Waals surface area contributed by atoms with Crippen LogP contribution < -0.4 is 0 Å². The maximum atomic E-state index is 11.8. The zero-order valence-electron chi connectivity index (χ0n) is 13.6. The van der Waals surface area contributed by atoms with Gasteiger partial charge in [0, 0.05) is 12.8 Å². The lowest BCUT2D eigenvalue weighted by Crippen LogP contribution is -2.47. The first-order valence-corrected chi connectivity index (χ1v) is 8.04. The van der Waals surface area contributed by atoms with Gasteiger partial charge in [-0.2, -0.15) is 0 Å². The zero-order chi connectivity index (χ0) is 15.8. The van der Waals surface area contributed by atoms with Gasteiger partial charge in [0.1, 0.15) is 11.5 Å². The van der Waals surface area contributed by atoms with E-state index in [1.54, 1.807) is 4.90 Å². The summed E-state index contributed by atoms with van der Waals surface area (Å²) in [5.74, 6) is 0.849. The number of nitrogens with zero attached hydrogens (tertiary/aromatic N) is 1. The predicted molar refractivity (Wildman–Crippen MR) is 82.1 cm³/mol. The molecule has 5 heteroatoms. The third-order valence-electron chi connectivity index (χ3n) is 5.12. The largest absolute Gasteiger partial charge is 0.351 e. The summed E-state index contributed by atoms with van der Waals surface area (Å²) >= 11 is 0. The van der Waals surface area contributed by atoms with Crippen molar-refractivity contribution in [1.82, 2.24) is 4.90 Å². The average Bonchev–Trinajstić information content (AvgIpc) is 2.63. The Bertz CT molecular complexity index is 424. The molecule has 2 radical (unpaired) electrons. The van der Waals surface area contributed by atoms with Crippen molar-refractivity contribution in [3.63, 3.8) is 0 Å². The smallest absolute Gasteiger partial charge is 0.200 e. The molecular formula is C16H26BNO3. The number of rotatable bonds is 3. The first kappa shape index (κ1) is 16.5. The van der Waals surface area contributed by atoms with Crippen LogP contribution in [0, 0.1) is 11.8 Å². The van der Waals surface area contributed by atoms with E-state index in [1.165, 1.54) is 0 Å². The molecule has 0 N–H and O–H groups in total. The quantitative estimate of drug-likeness (QED) is 0.751. The molecule has 1 aliphatic carbocycles. The Morgan fingerprint density at radius 1 is 1.48 bits per heavy atom. The van der Waals surface area contributed by atoms with Gasteiger partial charge in [0.15, 0.2) is 5.81 Å². The number of Topliss-reactive ketones (excluding diaryl/α,β-unsaturated/α-hetero) is 1. The second kappa shape index (κ2) is 6.11. The van der Waals surface area contributed by atoms with Crippen molar-refractivity contribution in [3.05, 3.63) is 0 Å². The summed E-state index contributed by atoms with van der Waals surface area (Å²) in [6, 6.07) is 0.0299. The highest BCUT2D eigenvalue weighted by Crippen LogP contribution is 2.40. The topological polar surface area (TPSA) is 46.6 Å². The zero-order valence-corrected chi connectivity index (χ0v) is 13.6. The number of carbonyl (C=O) groups excluding carboxylic acids is 2. The fraction of sp³-hybridized carbons (Fsp3) is 0.875. The van der Waals surface area contributed by atoms with Crippen LogP contribution in [0.1, 0.15) is 59.8 Å². The van der Waals surface area contributed by atoms with Gasteiger partial charge in [-0.1, -0.05) is 13.8 Å². The Labute approximate surface area is 129 Å². The highest BCUT2D eigenvalue weighted by molar-refractivity contribution is 6.57. The molecule has 0 spiro atoms. The summed E-state index contributed by atoms with van der Waals surface area (Å²) < 4.78 is 6.14. The van der Waals surface area contributed by atoms with E-state index in [9.17, 15) is 9.59 Å². The van der Waals surface area contributed by atoms with Crippen LogP contribution >= 0.6 is 0 Å². The minimum absolute atomic E-state index is 0.0122. The summed E-state index contributed by atoms with van der Waals surface area (Å²) in [5.41, 5.74) is -0.648. The summed E-state index contributed by atoms with van der Waals surface area (Å²) in [6.45, 7) is 8.00. The van der Waals surface area contributed by atoms with Crippen LogP contribution in [0.2, 0.25) is 0 Å². The average molecular weight is 291 g/mol. The molecule has 21 heavy (non-hydrogen) atoms. The second-order valence-corrected chi connectivity index (χ2v) is 7.04. The van der Waals surface area contributed by atoms with Crippen LogP contribution in [-0.2, 0) is 9.53 Å². The number of amides is 1. The van der Waals surface area contributed by atoms with Crippen molar-refractivity contribution in [3.8, 4) is 0 Å². The first-order chi connectivity index (χ1) is 9.76. The van der Waals surface area contributed by atoms with Crippen molar-refractivity contribution in [2.45, 2.75) is 77.7 Å². The highest BCUT2D eigenvalue weighted by atomic mass is 16.5. The molecule has 2 aliphatic rings. The van der Waals surface area contributed by atoms with Crippen molar-refractivity contribution in [1.29, 1.82) is 0 Å². The van der Waals surface area contributed by atoms with Crippen LogP contribution in [0.15, 0.2) is 0 Å². The standard InChI is InChI=1S/C16H26BNO3/c1-5-13-14(21-16(3,4)18(13)15(17)20)9-11-6-7-12(19)8-10(11)2/h10-11,13-14H,5-9H2,1-4H3. The van der Waals surface area contributed by atoms with Gasteiger partial charge < -0.3 is 9.64 Å². The number of carbonyl (C=O) groups is 2. The van der Waals surface area contributed by atoms with Crippen LogP contribution in [0.3, 0.4) is 0 Å². The summed E-state index contributed by atoms with van der Waals surface area (Å²) in [4.78, 5) is 25.0. The summed E-state index contributed by atoms with van der Waals surface area (Å²) in [7, 11) is 5.54. The van der Waals surface area contributed by atoms with Gasteiger partial charge in [0.05, 0.1) is 12.1 Å². The van der Waals surface area contributed by atoms with E-state index in [4.69, 9.17) is 12.6 Å². The molecule has 2 fully saturated rings. The van der Waals surface area contributed by atoms with E-state index in [0.29, 0.717) is 30.5 Å². The third kappa shape index (κ3) is 3.33. The van der Waals surface area contributed by atoms with Gasteiger partial charge in [-0.15, -0.1) is 0 Å². The van der Waals surface area contributed by atoms with E-state index in [0.717, 1.165) is 19.3 Å². The Kier molecular flexibility index (Phi) is 4.81. The van der Waals surface area contributed by atoms with Gasteiger partial charge in [-0.3, -0.25) is 9.59 Å². The summed E-state index contributed by atoms with van der Waals surface area (Å²) in [5, 5.41) is 0. The van der Waals surface area contributed by atoms with Crippen molar-refractivity contribution < 1.29 is 14.3 Å². The normalized spacial score (nSPS) is 36.0. The molecular weight excluding hydrogens is 265 g/mol. The van der Waals surface area contributed by atoms with E-state index in [-0.39, 0.29) is 12.1 Å². The van der Waals surface area contributed by atoms with Gasteiger partial charge in [-0.25, -0.2) is 0 Å². The number of ketones is 1. The molecule has 4 nitrogen and oxygen atoms in total. The van der Waals surface area contributed by atoms with Crippen LogP contribution in [0.25, 0.3) is 0 Å². The molecule has 4 atom stereocenters. The van der Waals surface area contributed by atoms with Crippen LogP contribution in [-0.4, -0.2) is 42.2 Å². The molecule has 0 aromatic rings. The van der Waals surface area contributed by atoms with Crippen molar-refractivity contribution in [2.24, 2.45) is 11.8 Å². The van der Waals surface area contributed by atoms with E-state index in [2.05, 4.69) is 13.8 Å². The third-order valence-corrected chi connectivity index (χ3v) is 5.12. The molecule has 1 amide bonds. The number of ether oxygens (including phenoxy) is 1. The Morgan fingerprint density at radius 3 is 2.67 bits per heavy atom. The molecule has 1 heterocycles. The molecule has 0 aromatic carbocycles. The lowest BCUT2D eigenvalue weighted by molar-refractivity contribution is -0.123. The molecule has 1 saturated heterocycles. The molecule has 1 aliphatic heterocycles. The maximum absolute atomic E-state index is 11.8. The Balaban J connectivity index is 2.09. The predicted octanol–water partition coefficient (Wildman–Crippen LogP) is 2.89. The lowest BCUT2D eigenvalue weighted by atomic mass is 9.76. The van der Waals surface area contributed by atoms with Crippen LogP contribution in [0.4, 0.5) is 4.79 Å². The lowest BCUT2D eigenvalue weighted by Gasteiger charge is -2.33. The maximum Gasteiger partial charge on any atom is 0.200 e. The minimum atomic E-state index is -0.648. The Morgan fingerprint density at radius 2 is 2.14 bits per heavy atom. The van der Waals surface area contributed by atoms with Gasteiger partial charge >= 0.3 is 0 Å². The van der Waals surface area contributed by atoms with Crippen molar-refractivity contribution in [2.75, 3.05) is 0 Å². The number of hydrogen-bond donors (Lipinski definition) is 0. The molecule has 4 unspecified atom stereocenters.